The smallest absolute Gasteiger partial charge is 0.323 e. The number of aryl methyl sites for hydroxylation is 2. The van der Waals surface area contributed by atoms with Crippen LogP contribution in [0.5, 0.6) is 0 Å². The molecule has 0 aliphatic rings. The molecule has 0 fully saturated rings. The predicted molar refractivity (Wildman–Crippen MR) is 68.1 cm³/mol. The minimum absolute atomic E-state index is 0.189. The number of nitrogens with one attached hydrogen (secondary N) is 1. The Labute approximate surface area is 108 Å². The van der Waals surface area contributed by atoms with E-state index in [1.165, 1.54) is 0 Å². The molecule has 1 aromatic heterocycles. The lowest BCUT2D eigenvalue weighted by Gasteiger charge is -2.16. The molecular formula is C13H22N2O3. The van der Waals surface area contributed by atoms with Crippen molar-refractivity contribution in [2.45, 2.75) is 53.1 Å². The van der Waals surface area contributed by atoms with Crippen LogP contribution in [-0.2, 0) is 16.1 Å². The molecule has 1 unspecified atom stereocenters. The number of rotatable bonds is 7. The van der Waals surface area contributed by atoms with Crippen LogP contribution >= 0.6 is 0 Å². The topological polar surface area (TPSA) is 64.4 Å². The van der Waals surface area contributed by atoms with Crippen molar-refractivity contribution in [1.82, 2.24) is 10.5 Å². The third kappa shape index (κ3) is 3.84. The molecule has 102 valence electrons. The Hall–Kier alpha value is -1.36. The lowest BCUT2D eigenvalue weighted by atomic mass is 10.1. The van der Waals surface area contributed by atoms with Crippen molar-refractivity contribution < 1.29 is 14.1 Å². The maximum Gasteiger partial charge on any atom is 0.323 e. The molecule has 1 aromatic rings. The van der Waals surface area contributed by atoms with Gasteiger partial charge < -0.3 is 14.6 Å². The van der Waals surface area contributed by atoms with Gasteiger partial charge in [0.15, 0.2) is 0 Å². The number of nitrogens with zero attached hydrogens (tertiary/aromatic N) is 1. The van der Waals surface area contributed by atoms with E-state index in [0.29, 0.717) is 13.2 Å². The van der Waals surface area contributed by atoms with E-state index in [1.54, 1.807) is 0 Å². The van der Waals surface area contributed by atoms with Crippen LogP contribution in [0.4, 0.5) is 0 Å². The van der Waals surface area contributed by atoms with Crippen molar-refractivity contribution in [3.8, 4) is 0 Å². The fraction of sp³-hybridized carbons (Fsp3) is 0.692. The number of aromatic nitrogens is 1. The van der Waals surface area contributed by atoms with Crippen molar-refractivity contribution in [1.29, 1.82) is 0 Å². The molecule has 0 saturated heterocycles. The molecule has 5 nitrogen and oxygen atoms in total. The van der Waals surface area contributed by atoms with Gasteiger partial charge in [-0.2, -0.15) is 0 Å². The van der Waals surface area contributed by atoms with E-state index in [1.807, 2.05) is 27.7 Å². The van der Waals surface area contributed by atoms with Crippen molar-refractivity contribution in [3.63, 3.8) is 0 Å². The lowest BCUT2D eigenvalue weighted by molar-refractivity contribution is -0.145. The van der Waals surface area contributed by atoms with Crippen LogP contribution in [0, 0.1) is 13.8 Å². The Morgan fingerprint density at radius 3 is 2.67 bits per heavy atom. The van der Waals surface area contributed by atoms with Crippen LogP contribution in [0.3, 0.4) is 0 Å². The fourth-order valence-corrected chi connectivity index (χ4v) is 1.81. The molecule has 0 aliphatic carbocycles. The molecule has 0 amide bonds. The molecular weight excluding hydrogens is 232 g/mol. The summed E-state index contributed by atoms with van der Waals surface area (Å²) in [5.74, 6) is 0.602. The third-order valence-corrected chi connectivity index (χ3v) is 2.85. The van der Waals surface area contributed by atoms with Gasteiger partial charge in [-0.1, -0.05) is 18.5 Å². The number of carbonyl (C=O) groups excluding carboxylic acids is 1. The molecule has 1 atom stereocenters. The van der Waals surface area contributed by atoms with Gasteiger partial charge in [-0.3, -0.25) is 4.79 Å². The summed E-state index contributed by atoms with van der Waals surface area (Å²) in [5, 5.41) is 7.10. The summed E-state index contributed by atoms with van der Waals surface area (Å²) in [6.45, 7) is 8.61. The Morgan fingerprint density at radius 1 is 1.44 bits per heavy atom. The van der Waals surface area contributed by atoms with Gasteiger partial charge in [-0.25, -0.2) is 0 Å². The Morgan fingerprint density at radius 2 is 2.17 bits per heavy atom. The maximum absolute atomic E-state index is 11.7. The van der Waals surface area contributed by atoms with Crippen molar-refractivity contribution in [3.05, 3.63) is 17.0 Å². The lowest BCUT2D eigenvalue weighted by Crippen LogP contribution is -2.37. The average Bonchev–Trinajstić information content (AvgIpc) is 2.65. The zero-order chi connectivity index (χ0) is 13.5. The fourth-order valence-electron chi connectivity index (χ4n) is 1.81. The first-order valence-electron chi connectivity index (χ1n) is 6.41. The van der Waals surface area contributed by atoms with Crippen LogP contribution < -0.4 is 5.32 Å². The summed E-state index contributed by atoms with van der Waals surface area (Å²) in [6.07, 6.45) is 1.69. The summed E-state index contributed by atoms with van der Waals surface area (Å²) in [4.78, 5) is 11.7. The molecule has 0 aromatic carbocycles. The highest BCUT2D eigenvalue weighted by Gasteiger charge is 2.19. The molecule has 1 N–H and O–H groups in total. The van der Waals surface area contributed by atoms with Gasteiger partial charge in [0.1, 0.15) is 11.8 Å². The summed E-state index contributed by atoms with van der Waals surface area (Å²) >= 11 is 0. The van der Waals surface area contributed by atoms with Crippen LogP contribution in [0.25, 0.3) is 0 Å². The minimum atomic E-state index is -0.261. The van der Waals surface area contributed by atoms with Crippen molar-refractivity contribution in [2.75, 3.05) is 6.61 Å². The molecule has 0 spiro atoms. The van der Waals surface area contributed by atoms with Gasteiger partial charge in [-0.15, -0.1) is 0 Å². The van der Waals surface area contributed by atoms with Crippen LogP contribution in [0.1, 0.15) is 43.7 Å². The highest BCUT2D eigenvalue weighted by Crippen LogP contribution is 2.12. The standard InChI is InChI=1S/C13H22N2O3/c1-5-7-12(13(16)17-6-2)14-8-11-9(3)15-18-10(11)4/h12,14H,5-8H2,1-4H3. The first kappa shape index (κ1) is 14.7. The van der Waals surface area contributed by atoms with Gasteiger partial charge in [0.05, 0.1) is 12.3 Å². The highest BCUT2D eigenvalue weighted by molar-refractivity contribution is 5.75. The molecule has 18 heavy (non-hydrogen) atoms. The van der Waals surface area contributed by atoms with Crippen molar-refractivity contribution >= 4 is 5.97 Å². The molecule has 0 radical (unpaired) electrons. The van der Waals surface area contributed by atoms with Gasteiger partial charge >= 0.3 is 5.97 Å². The number of esters is 1. The minimum Gasteiger partial charge on any atom is -0.465 e. The second-order valence-electron chi connectivity index (χ2n) is 4.28. The number of hydrogen-bond acceptors (Lipinski definition) is 5. The van der Waals surface area contributed by atoms with Crippen LogP contribution in [0.15, 0.2) is 4.52 Å². The van der Waals surface area contributed by atoms with Gasteiger partial charge in [0.2, 0.25) is 0 Å². The van der Waals surface area contributed by atoms with Gasteiger partial charge in [-0.05, 0) is 27.2 Å². The molecule has 0 aliphatic heterocycles. The van der Waals surface area contributed by atoms with Gasteiger partial charge in [0, 0.05) is 12.1 Å². The zero-order valence-electron chi connectivity index (χ0n) is 11.6. The average molecular weight is 254 g/mol. The molecule has 1 rings (SSSR count). The molecule has 5 heteroatoms. The Balaban J connectivity index is 2.59. The Bertz CT molecular complexity index is 368. The molecule has 0 bridgehead atoms. The van der Waals surface area contributed by atoms with Crippen LogP contribution in [-0.4, -0.2) is 23.8 Å². The van der Waals surface area contributed by atoms with E-state index in [9.17, 15) is 4.79 Å². The van der Waals surface area contributed by atoms with Crippen molar-refractivity contribution in [2.24, 2.45) is 0 Å². The van der Waals surface area contributed by atoms with E-state index in [0.717, 1.165) is 29.9 Å². The van der Waals surface area contributed by atoms with Crippen LogP contribution in [0.2, 0.25) is 0 Å². The van der Waals surface area contributed by atoms with E-state index in [2.05, 4.69) is 10.5 Å². The number of hydrogen-bond donors (Lipinski definition) is 1. The quantitative estimate of drug-likeness (QED) is 0.755. The van der Waals surface area contributed by atoms with E-state index >= 15 is 0 Å². The highest BCUT2D eigenvalue weighted by atomic mass is 16.5. The van der Waals surface area contributed by atoms with E-state index in [4.69, 9.17) is 9.26 Å². The van der Waals surface area contributed by atoms with Gasteiger partial charge in [0.25, 0.3) is 0 Å². The monoisotopic (exact) mass is 254 g/mol. The molecule has 1 heterocycles. The normalized spacial score (nSPS) is 12.4. The summed E-state index contributed by atoms with van der Waals surface area (Å²) < 4.78 is 10.1. The SMILES string of the molecule is CCCC(NCc1c(C)noc1C)C(=O)OCC. The van der Waals surface area contributed by atoms with E-state index < -0.39 is 0 Å². The number of ether oxygens (including phenoxy) is 1. The second kappa shape index (κ2) is 7.16. The molecule has 0 saturated carbocycles. The first-order chi connectivity index (χ1) is 8.60. The van der Waals surface area contributed by atoms with E-state index in [-0.39, 0.29) is 12.0 Å². The maximum atomic E-state index is 11.7. The number of carbonyl (C=O) groups is 1. The summed E-state index contributed by atoms with van der Waals surface area (Å²) in [6, 6.07) is -0.261. The third-order valence-electron chi connectivity index (χ3n) is 2.85. The predicted octanol–water partition coefficient (Wildman–Crippen LogP) is 2.11. The second-order valence-corrected chi connectivity index (χ2v) is 4.28. The zero-order valence-corrected chi connectivity index (χ0v) is 11.6. The largest absolute Gasteiger partial charge is 0.465 e. The first-order valence-corrected chi connectivity index (χ1v) is 6.41. The summed E-state index contributed by atoms with van der Waals surface area (Å²) in [5.41, 5.74) is 1.87. The Kier molecular flexibility index (Phi) is 5.85. The summed E-state index contributed by atoms with van der Waals surface area (Å²) in [7, 11) is 0.